The number of rotatable bonds is 7. The fourth-order valence-corrected chi connectivity index (χ4v) is 6.02. The summed E-state index contributed by atoms with van der Waals surface area (Å²) in [4.78, 5) is 26.2. The number of aryl methyl sites for hydroxylation is 1. The van der Waals surface area contributed by atoms with Gasteiger partial charge in [0.2, 0.25) is 0 Å². The van der Waals surface area contributed by atoms with Gasteiger partial charge in [-0.15, -0.1) is 0 Å². The Morgan fingerprint density at radius 1 is 1.23 bits per heavy atom. The number of carbonyl (C=O) groups is 2. The van der Waals surface area contributed by atoms with Crippen molar-refractivity contribution in [3.63, 3.8) is 0 Å². The second kappa shape index (κ2) is 11.8. The first-order valence-corrected chi connectivity index (χ1v) is 14.0. The molecule has 2 amide bonds. The van der Waals surface area contributed by atoms with Gasteiger partial charge in [0.15, 0.2) is 0 Å². The molecule has 0 radical (unpaired) electrons. The molecule has 0 aliphatic carbocycles. The van der Waals surface area contributed by atoms with Crippen molar-refractivity contribution in [2.45, 2.75) is 36.4 Å². The molecule has 0 bridgehead atoms. The van der Waals surface area contributed by atoms with Gasteiger partial charge in [0.05, 0.1) is 31.1 Å². The summed E-state index contributed by atoms with van der Waals surface area (Å²) in [6, 6.07) is 4.66. The highest BCUT2D eigenvalue weighted by molar-refractivity contribution is 7.92. The molecule has 0 spiro atoms. The first kappa shape index (κ1) is 27.2. The minimum atomic E-state index is -4.07. The van der Waals surface area contributed by atoms with Gasteiger partial charge >= 0.3 is 6.09 Å². The van der Waals surface area contributed by atoms with E-state index in [9.17, 15) is 18.0 Å². The van der Waals surface area contributed by atoms with Crippen molar-refractivity contribution >= 4 is 33.4 Å². The van der Waals surface area contributed by atoms with Crippen molar-refractivity contribution in [2.24, 2.45) is 7.05 Å². The molecule has 1 aromatic heterocycles. The van der Waals surface area contributed by atoms with Gasteiger partial charge in [0.1, 0.15) is 43.5 Å². The molecule has 2 aromatic rings. The number of anilines is 2. The van der Waals surface area contributed by atoms with Gasteiger partial charge in [-0.1, -0.05) is 0 Å². The van der Waals surface area contributed by atoms with Crippen LogP contribution in [0.2, 0.25) is 0 Å². The zero-order chi connectivity index (χ0) is 27.4. The van der Waals surface area contributed by atoms with Gasteiger partial charge in [-0.25, -0.2) is 13.2 Å². The van der Waals surface area contributed by atoms with E-state index in [0.29, 0.717) is 12.3 Å². The van der Waals surface area contributed by atoms with Crippen LogP contribution in [0.15, 0.2) is 35.5 Å². The Labute approximate surface area is 225 Å². The van der Waals surface area contributed by atoms with Crippen molar-refractivity contribution in [2.75, 3.05) is 56.1 Å². The monoisotopic (exact) mass is 565 g/mol. The van der Waals surface area contributed by atoms with E-state index >= 15 is 0 Å². The number of benzene rings is 1. The van der Waals surface area contributed by atoms with Crippen molar-refractivity contribution in [3.05, 3.63) is 30.6 Å². The van der Waals surface area contributed by atoms with E-state index in [1.54, 1.807) is 19.2 Å². The Balaban J connectivity index is 1.36. The Hall–Kier alpha value is -3.40. The maximum absolute atomic E-state index is 13.7. The smallest absolute Gasteiger partial charge is 0.411 e. The van der Waals surface area contributed by atoms with E-state index in [-0.39, 0.29) is 68.2 Å². The summed E-state index contributed by atoms with van der Waals surface area (Å²) in [6.45, 7) is 0.612. The van der Waals surface area contributed by atoms with Crippen molar-refractivity contribution in [1.29, 1.82) is 0 Å². The molecule has 2 fully saturated rings. The lowest BCUT2D eigenvalue weighted by molar-refractivity contribution is -0.135. The highest BCUT2D eigenvalue weighted by Crippen LogP contribution is 2.39. The van der Waals surface area contributed by atoms with Crippen LogP contribution < -0.4 is 14.4 Å². The van der Waals surface area contributed by atoms with Crippen molar-refractivity contribution in [1.82, 2.24) is 14.7 Å². The summed E-state index contributed by atoms with van der Waals surface area (Å²) in [5.41, 5.74) is 0.551. The van der Waals surface area contributed by atoms with Gasteiger partial charge in [-0.2, -0.15) is 5.10 Å². The molecule has 39 heavy (non-hydrogen) atoms. The van der Waals surface area contributed by atoms with Gasteiger partial charge < -0.3 is 28.6 Å². The summed E-state index contributed by atoms with van der Waals surface area (Å²) >= 11 is 0. The lowest BCUT2D eigenvalue weighted by Gasteiger charge is -2.37. The van der Waals surface area contributed by atoms with Crippen LogP contribution in [0.25, 0.3) is 0 Å². The summed E-state index contributed by atoms with van der Waals surface area (Å²) in [5.74, 6) is -0.0204. The minimum Gasteiger partial charge on any atom is -0.484 e. The van der Waals surface area contributed by atoms with Crippen molar-refractivity contribution < 1.29 is 41.7 Å². The van der Waals surface area contributed by atoms with E-state index in [2.05, 4.69) is 10.4 Å². The van der Waals surface area contributed by atoms with E-state index in [0.717, 1.165) is 19.3 Å². The molecule has 0 saturated carbocycles. The van der Waals surface area contributed by atoms with Gasteiger partial charge in [-0.3, -0.25) is 19.1 Å². The number of ether oxygens (including phenoxy) is 5. The maximum atomic E-state index is 13.7. The predicted molar refractivity (Wildman–Crippen MR) is 136 cm³/mol. The van der Waals surface area contributed by atoms with E-state index < -0.39 is 22.2 Å². The van der Waals surface area contributed by atoms with Crippen LogP contribution in [0.3, 0.4) is 0 Å². The van der Waals surface area contributed by atoms with Crippen LogP contribution in [0.5, 0.6) is 5.75 Å². The summed E-state index contributed by atoms with van der Waals surface area (Å²) in [7, 11) is -2.45. The largest absolute Gasteiger partial charge is 0.484 e. The Kier molecular flexibility index (Phi) is 8.20. The number of fused-ring (bicyclic) bond motifs is 1. The Bertz CT molecular complexity index is 1290. The molecule has 1 unspecified atom stereocenters. The molecular weight excluding hydrogens is 534 g/mol. The van der Waals surface area contributed by atoms with Crippen LogP contribution in [-0.4, -0.2) is 93.7 Å². The fraction of sp³-hybridized carbons (Fsp3) is 0.542. The lowest BCUT2D eigenvalue weighted by Crippen LogP contribution is -2.50. The molecule has 1 N–H and O–H groups in total. The summed E-state index contributed by atoms with van der Waals surface area (Å²) in [5, 5.41) is 6.64. The Morgan fingerprint density at radius 3 is 2.87 bits per heavy atom. The SMILES string of the molecule is Cn1cc(S(=O)(=O)N2C[C@H](CN3COCOCC3=O)Oc3ccc(NC(=O)OCC4CCCCO4)cc32)cn1. The number of nitrogens with one attached hydrogen (secondary N) is 1. The third kappa shape index (κ3) is 6.43. The quantitative estimate of drug-likeness (QED) is 0.520. The molecule has 3 aliphatic rings. The predicted octanol–water partition coefficient (Wildman–Crippen LogP) is 1.28. The number of carbonyl (C=O) groups excluding carboxylic acids is 2. The number of aromatic nitrogens is 2. The minimum absolute atomic E-state index is 0.00221. The fourth-order valence-electron chi connectivity index (χ4n) is 4.53. The number of amides is 2. The molecule has 1 aromatic carbocycles. The van der Waals surface area contributed by atoms with Crippen LogP contribution in [0, 0.1) is 0 Å². The molecule has 3 aliphatic heterocycles. The van der Waals surface area contributed by atoms with Gasteiger partial charge in [-0.05, 0) is 37.5 Å². The molecule has 2 atom stereocenters. The maximum Gasteiger partial charge on any atom is 0.411 e. The molecule has 5 rings (SSSR count). The topological polar surface area (TPSA) is 151 Å². The molecule has 15 heteroatoms. The number of sulfonamides is 1. The normalized spacial score (nSPS) is 22.0. The molecule has 212 valence electrons. The molecule has 4 heterocycles. The first-order valence-electron chi connectivity index (χ1n) is 12.6. The standard InChI is InChI=1S/C24H31N5O9S/c1-27-12-20(9-25-27)39(32,33)29-11-19(10-28-15-35-16-34-14-23(28)30)38-22-6-5-17(8-21(22)29)26-24(31)37-13-18-4-2-3-7-36-18/h5-6,8-9,12,18-19H,2-4,7,10-11,13-16H2,1H3,(H,26,31)/t18?,19-/m0/s1. The lowest BCUT2D eigenvalue weighted by atomic mass is 10.1. The second-order valence-corrected chi connectivity index (χ2v) is 11.3. The van der Waals surface area contributed by atoms with Gasteiger partial charge in [0, 0.05) is 25.5 Å². The van der Waals surface area contributed by atoms with Gasteiger partial charge in [0.25, 0.3) is 15.9 Å². The zero-order valence-electron chi connectivity index (χ0n) is 21.5. The number of hydrogen-bond acceptors (Lipinski definition) is 10. The average Bonchev–Trinajstić information content (AvgIpc) is 3.28. The highest BCUT2D eigenvalue weighted by Gasteiger charge is 2.37. The van der Waals surface area contributed by atoms with E-state index in [1.807, 2.05) is 0 Å². The molecule has 2 saturated heterocycles. The third-order valence-corrected chi connectivity index (χ3v) is 8.23. The number of nitrogens with zero attached hydrogens (tertiary/aromatic N) is 4. The third-order valence-electron chi connectivity index (χ3n) is 6.50. The van der Waals surface area contributed by atoms with Crippen LogP contribution in [0.4, 0.5) is 16.2 Å². The average molecular weight is 566 g/mol. The van der Waals surface area contributed by atoms with E-state index in [1.165, 1.54) is 32.3 Å². The first-order chi connectivity index (χ1) is 18.8. The summed E-state index contributed by atoms with van der Waals surface area (Å²) in [6.07, 6.45) is 3.99. The van der Waals surface area contributed by atoms with Crippen LogP contribution >= 0.6 is 0 Å². The van der Waals surface area contributed by atoms with Crippen molar-refractivity contribution in [3.8, 4) is 5.75 Å². The van der Waals surface area contributed by atoms with Crippen LogP contribution in [0.1, 0.15) is 19.3 Å². The second-order valence-electron chi connectivity index (χ2n) is 9.44. The van der Waals surface area contributed by atoms with Crippen LogP contribution in [-0.2, 0) is 40.8 Å². The number of hydrogen-bond donors (Lipinski definition) is 1. The van der Waals surface area contributed by atoms with E-state index in [4.69, 9.17) is 23.7 Å². The zero-order valence-corrected chi connectivity index (χ0v) is 22.3. The summed E-state index contributed by atoms with van der Waals surface area (Å²) < 4.78 is 57.4. The molecular formula is C24H31N5O9S. The highest BCUT2D eigenvalue weighted by atomic mass is 32.2. The Morgan fingerprint density at radius 2 is 2.10 bits per heavy atom. The molecule has 14 nitrogen and oxygen atoms in total.